The Morgan fingerprint density at radius 1 is 1.27 bits per heavy atom. The Hall–Kier alpha value is -3.30. The van der Waals surface area contributed by atoms with E-state index in [1.807, 2.05) is 24.3 Å². The molecule has 0 saturated carbocycles. The first kappa shape index (κ1) is 16.2. The maximum Gasteiger partial charge on any atom is 0.262 e. The summed E-state index contributed by atoms with van der Waals surface area (Å²) < 4.78 is 5.65. The fourth-order valence-electron chi connectivity index (χ4n) is 3.00. The molecule has 0 radical (unpaired) electrons. The predicted molar refractivity (Wildman–Crippen MR) is 99.9 cm³/mol. The minimum Gasteiger partial charge on any atom is -0.462 e. The van der Waals surface area contributed by atoms with Crippen LogP contribution in [0.1, 0.15) is 15.9 Å². The van der Waals surface area contributed by atoms with Crippen molar-refractivity contribution in [1.29, 1.82) is 0 Å². The summed E-state index contributed by atoms with van der Waals surface area (Å²) in [6.45, 7) is 3.58. The van der Waals surface area contributed by atoms with Crippen molar-refractivity contribution in [2.75, 3.05) is 31.1 Å². The summed E-state index contributed by atoms with van der Waals surface area (Å²) in [7, 11) is 0. The number of nitrogens with zero attached hydrogens (tertiary/aromatic N) is 2. The van der Waals surface area contributed by atoms with E-state index in [1.165, 1.54) is 0 Å². The van der Waals surface area contributed by atoms with Crippen LogP contribution in [0.25, 0.3) is 11.0 Å². The van der Waals surface area contributed by atoms with Gasteiger partial charge >= 0.3 is 0 Å². The van der Waals surface area contributed by atoms with Crippen LogP contribution in [0, 0.1) is 12.0 Å². The van der Waals surface area contributed by atoms with Crippen LogP contribution in [-0.4, -0.2) is 37.1 Å². The SMILES string of the molecule is O=C(NC#Cc1cccnc1)c1cc(N2CCNCC2)c2occc2c1. The predicted octanol–water partition coefficient (Wildman–Crippen LogP) is 1.98. The molecule has 6 heteroatoms. The van der Waals surface area contributed by atoms with E-state index in [9.17, 15) is 4.79 Å². The molecule has 0 bridgehead atoms. The van der Waals surface area contributed by atoms with E-state index < -0.39 is 0 Å². The van der Waals surface area contributed by atoms with Gasteiger partial charge in [0.25, 0.3) is 5.91 Å². The standard InChI is InChI=1S/C20H18N4O2/c25-20(23-6-3-15-2-1-5-22-14-15)17-12-16-4-11-26-19(16)18(13-17)24-9-7-21-8-10-24/h1-2,4-5,11-14,21H,7-10H2,(H,23,25). The first-order valence-electron chi connectivity index (χ1n) is 8.49. The molecule has 0 atom stereocenters. The van der Waals surface area contributed by atoms with Crippen molar-refractivity contribution < 1.29 is 9.21 Å². The Labute approximate surface area is 151 Å². The molecule has 6 nitrogen and oxygen atoms in total. The zero-order chi connectivity index (χ0) is 17.8. The Bertz CT molecular complexity index is 979. The van der Waals surface area contributed by atoms with Crippen LogP contribution >= 0.6 is 0 Å². The molecule has 1 amide bonds. The maximum atomic E-state index is 12.5. The number of hydrogen-bond acceptors (Lipinski definition) is 5. The van der Waals surface area contributed by atoms with E-state index >= 15 is 0 Å². The van der Waals surface area contributed by atoms with Crippen LogP contribution in [-0.2, 0) is 0 Å². The molecule has 1 fully saturated rings. The van der Waals surface area contributed by atoms with Crippen molar-refractivity contribution in [2.24, 2.45) is 0 Å². The molecule has 1 aliphatic rings. The van der Waals surface area contributed by atoms with Gasteiger partial charge in [-0.25, -0.2) is 0 Å². The fourth-order valence-corrected chi connectivity index (χ4v) is 3.00. The molecule has 1 saturated heterocycles. The molecule has 130 valence electrons. The Kier molecular flexibility index (Phi) is 4.54. The molecular formula is C20H18N4O2. The molecule has 0 spiro atoms. The molecule has 1 aromatic carbocycles. The minimum atomic E-state index is -0.235. The Morgan fingerprint density at radius 2 is 2.15 bits per heavy atom. The molecule has 2 aromatic heterocycles. The van der Waals surface area contributed by atoms with Gasteiger partial charge < -0.3 is 14.6 Å². The molecule has 1 aliphatic heterocycles. The summed E-state index contributed by atoms with van der Waals surface area (Å²) in [6.07, 6.45) is 4.99. The van der Waals surface area contributed by atoms with Crippen molar-refractivity contribution in [3.8, 4) is 12.0 Å². The van der Waals surface area contributed by atoms with Gasteiger partial charge in [0.15, 0.2) is 5.58 Å². The highest BCUT2D eigenvalue weighted by atomic mass is 16.3. The zero-order valence-corrected chi connectivity index (χ0v) is 14.2. The second-order valence-electron chi connectivity index (χ2n) is 6.02. The molecule has 0 aliphatic carbocycles. The van der Waals surface area contributed by atoms with Crippen LogP contribution < -0.4 is 15.5 Å². The average Bonchev–Trinajstić information content (AvgIpc) is 3.17. The van der Waals surface area contributed by atoms with Crippen molar-refractivity contribution >= 4 is 22.6 Å². The minimum absolute atomic E-state index is 0.235. The number of benzene rings is 1. The van der Waals surface area contributed by atoms with Gasteiger partial charge in [0.1, 0.15) is 0 Å². The van der Waals surface area contributed by atoms with Gasteiger partial charge in [0, 0.05) is 61.1 Å². The van der Waals surface area contributed by atoms with E-state index in [2.05, 4.69) is 32.5 Å². The Morgan fingerprint density at radius 3 is 2.96 bits per heavy atom. The number of pyridine rings is 1. The molecular weight excluding hydrogens is 328 g/mol. The number of hydrogen-bond donors (Lipinski definition) is 2. The lowest BCUT2D eigenvalue weighted by Gasteiger charge is -2.29. The second kappa shape index (κ2) is 7.30. The second-order valence-corrected chi connectivity index (χ2v) is 6.02. The van der Waals surface area contributed by atoms with Crippen molar-refractivity contribution in [3.63, 3.8) is 0 Å². The third-order valence-corrected chi connectivity index (χ3v) is 4.30. The number of amides is 1. The number of furan rings is 1. The maximum absolute atomic E-state index is 12.5. The lowest BCUT2D eigenvalue weighted by Crippen LogP contribution is -2.43. The molecule has 3 aromatic rings. The lowest BCUT2D eigenvalue weighted by molar-refractivity contribution is 0.0973. The van der Waals surface area contributed by atoms with Gasteiger partial charge in [-0.2, -0.15) is 0 Å². The lowest BCUT2D eigenvalue weighted by atomic mass is 10.1. The normalized spacial score (nSPS) is 13.9. The van der Waals surface area contributed by atoms with Crippen molar-refractivity contribution in [3.05, 3.63) is 60.1 Å². The van der Waals surface area contributed by atoms with Crippen LogP contribution in [0.4, 0.5) is 5.69 Å². The molecule has 0 unspecified atom stereocenters. The number of carbonyl (C=O) groups is 1. The van der Waals surface area contributed by atoms with Gasteiger partial charge in [-0.1, -0.05) is 0 Å². The topological polar surface area (TPSA) is 70.4 Å². The van der Waals surface area contributed by atoms with Gasteiger partial charge in [0.05, 0.1) is 12.0 Å². The van der Waals surface area contributed by atoms with E-state index in [0.29, 0.717) is 5.56 Å². The fraction of sp³-hybridized carbons (Fsp3) is 0.200. The number of carbonyl (C=O) groups excluding carboxylic acids is 1. The highest BCUT2D eigenvalue weighted by Gasteiger charge is 2.18. The molecule has 26 heavy (non-hydrogen) atoms. The number of nitrogens with one attached hydrogen (secondary N) is 2. The summed E-state index contributed by atoms with van der Waals surface area (Å²) in [4.78, 5) is 18.8. The van der Waals surface area contributed by atoms with Crippen molar-refractivity contribution in [2.45, 2.75) is 0 Å². The molecule has 2 N–H and O–H groups in total. The highest BCUT2D eigenvalue weighted by molar-refractivity contribution is 6.02. The average molecular weight is 346 g/mol. The van der Waals surface area contributed by atoms with Gasteiger partial charge in [0.2, 0.25) is 0 Å². The van der Waals surface area contributed by atoms with Crippen LogP contribution in [0.2, 0.25) is 0 Å². The van der Waals surface area contributed by atoms with E-state index in [0.717, 1.165) is 48.4 Å². The highest BCUT2D eigenvalue weighted by Crippen LogP contribution is 2.30. The monoisotopic (exact) mass is 346 g/mol. The van der Waals surface area contributed by atoms with E-state index in [4.69, 9.17) is 4.42 Å². The number of aromatic nitrogens is 1. The summed E-state index contributed by atoms with van der Waals surface area (Å²) >= 11 is 0. The van der Waals surface area contributed by atoms with Gasteiger partial charge in [-0.15, -0.1) is 0 Å². The van der Waals surface area contributed by atoms with Crippen LogP contribution in [0.5, 0.6) is 0 Å². The van der Waals surface area contributed by atoms with E-state index in [1.54, 1.807) is 24.7 Å². The molecule has 4 rings (SSSR count). The summed E-state index contributed by atoms with van der Waals surface area (Å²) in [5.74, 6) is 2.64. The smallest absolute Gasteiger partial charge is 0.262 e. The Balaban J connectivity index is 1.59. The molecule has 3 heterocycles. The zero-order valence-electron chi connectivity index (χ0n) is 14.2. The first-order chi connectivity index (χ1) is 12.8. The third-order valence-electron chi connectivity index (χ3n) is 4.30. The first-order valence-corrected chi connectivity index (χ1v) is 8.49. The van der Waals surface area contributed by atoms with Crippen LogP contribution in [0.15, 0.2) is 53.4 Å². The summed E-state index contributed by atoms with van der Waals surface area (Å²) in [6, 6.07) is 11.9. The quantitative estimate of drug-likeness (QED) is 0.548. The number of fused-ring (bicyclic) bond motifs is 1. The van der Waals surface area contributed by atoms with E-state index in [-0.39, 0.29) is 5.91 Å². The number of rotatable bonds is 2. The number of piperazine rings is 1. The number of anilines is 1. The van der Waals surface area contributed by atoms with Gasteiger partial charge in [-0.05, 0) is 36.3 Å². The summed E-state index contributed by atoms with van der Waals surface area (Å²) in [5.41, 5.74) is 3.07. The largest absolute Gasteiger partial charge is 0.462 e. The van der Waals surface area contributed by atoms with Gasteiger partial charge in [-0.3, -0.25) is 15.1 Å². The summed E-state index contributed by atoms with van der Waals surface area (Å²) in [5, 5.41) is 6.89. The van der Waals surface area contributed by atoms with Crippen molar-refractivity contribution in [1.82, 2.24) is 15.6 Å². The van der Waals surface area contributed by atoms with Crippen LogP contribution in [0.3, 0.4) is 0 Å². The third kappa shape index (κ3) is 3.39.